The van der Waals surface area contributed by atoms with E-state index in [1.54, 1.807) is 0 Å². The monoisotopic (exact) mass is 471 g/mol. The van der Waals surface area contributed by atoms with Gasteiger partial charge < -0.3 is 29.5 Å². The summed E-state index contributed by atoms with van der Waals surface area (Å²) in [6.45, 7) is 8.77. The van der Waals surface area contributed by atoms with Crippen LogP contribution < -0.4 is 0 Å². The first-order valence-electron chi connectivity index (χ1n) is 10.3. The molecule has 1 aliphatic heterocycles. The molecule has 1 heterocycles. The lowest BCUT2D eigenvalue weighted by atomic mass is 10.3. The number of rotatable bonds is 15. The van der Waals surface area contributed by atoms with Crippen LogP contribution in [0.1, 0.15) is 20.8 Å². The molecule has 0 aliphatic carbocycles. The van der Waals surface area contributed by atoms with E-state index in [1.165, 1.54) is 39.6 Å². The van der Waals surface area contributed by atoms with Crippen molar-refractivity contribution in [3.05, 3.63) is 35.5 Å². The first-order valence-corrected chi connectivity index (χ1v) is 10.3. The van der Waals surface area contributed by atoms with E-state index >= 15 is 0 Å². The average Bonchev–Trinajstić information content (AvgIpc) is 2.76. The summed E-state index contributed by atoms with van der Waals surface area (Å²) in [6, 6.07) is 0. The molecule has 0 spiro atoms. The minimum atomic E-state index is -1.04. The van der Waals surface area contributed by atoms with E-state index in [1.807, 2.05) is 0 Å². The smallest absolute Gasteiger partial charge is 0.334 e. The number of hydrogen-bond donors (Lipinski definition) is 3. The molecule has 0 aromatic rings. The van der Waals surface area contributed by atoms with Gasteiger partial charge in [0.05, 0.1) is 55.5 Å². The van der Waals surface area contributed by atoms with Crippen molar-refractivity contribution in [2.45, 2.75) is 20.8 Å². The quantitative estimate of drug-likeness (QED) is 0.176. The van der Waals surface area contributed by atoms with Gasteiger partial charge in [0.1, 0.15) is 19.8 Å². The van der Waals surface area contributed by atoms with Crippen molar-refractivity contribution in [2.24, 2.45) is 0 Å². The summed E-state index contributed by atoms with van der Waals surface area (Å²) >= 11 is 0. The number of carboxylic acid groups (broad SMARTS) is 3. The topological polar surface area (TPSA) is 149 Å². The molecule has 1 aliphatic rings. The maximum absolute atomic E-state index is 10.8. The average molecular weight is 472 g/mol. The van der Waals surface area contributed by atoms with Crippen LogP contribution >= 0.6 is 0 Å². The van der Waals surface area contributed by atoms with Crippen molar-refractivity contribution >= 4 is 17.9 Å². The third kappa shape index (κ3) is 11.9. The summed E-state index contributed by atoms with van der Waals surface area (Å²) in [5.41, 5.74) is 0.335. The molecule has 12 heteroatoms. The molecule has 1 fully saturated rings. The largest absolute Gasteiger partial charge is 0.499 e. The zero-order chi connectivity index (χ0) is 24.8. The Bertz CT molecular complexity index is 658. The van der Waals surface area contributed by atoms with Gasteiger partial charge in [-0.15, -0.1) is 0 Å². The SMILES string of the molecule is CC(=COCCN1CN(CCOC=C(C)C(=O)O)CN(CCOC=C(C)C(=O)O)C1)C(=O)O. The van der Waals surface area contributed by atoms with Gasteiger partial charge in [-0.3, -0.25) is 14.7 Å². The highest BCUT2D eigenvalue weighted by molar-refractivity contribution is 5.86. The maximum Gasteiger partial charge on any atom is 0.334 e. The molecule has 1 saturated heterocycles. The molecule has 12 nitrogen and oxygen atoms in total. The number of aliphatic carboxylic acids is 3. The van der Waals surface area contributed by atoms with Crippen molar-refractivity contribution in [1.29, 1.82) is 0 Å². The summed E-state index contributed by atoms with van der Waals surface area (Å²) in [7, 11) is 0. The zero-order valence-electron chi connectivity index (χ0n) is 19.2. The Balaban J connectivity index is 2.59. The van der Waals surface area contributed by atoms with Crippen LogP contribution in [0.4, 0.5) is 0 Å². The zero-order valence-corrected chi connectivity index (χ0v) is 19.2. The minimum Gasteiger partial charge on any atom is -0.499 e. The van der Waals surface area contributed by atoms with Crippen molar-refractivity contribution in [1.82, 2.24) is 14.7 Å². The van der Waals surface area contributed by atoms with Gasteiger partial charge in [0.2, 0.25) is 0 Å². The molecule has 1 rings (SSSR count). The van der Waals surface area contributed by atoms with Crippen LogP contribution in [0.25, 0.3) is 0 Å². The van der Waals surface area contributed by atoms with E-state index in [-0.39, 0.29) is 16.7 Å². The molecule has 0 radical (unpaired) electrons. The third-order valence-electron chi connectivity index (χ3n) is 4.57. The van der Waals surface area contributed by atoms with E-state index in [0.717, 1.165) is 0 Å². The summed E-state index contributed by atoms with van der Waals surface area (Å²) in [5.74, 6) is -3.11. The van der Waals surface area contributed by atoms with Gasteiger partial charge in [0.25, 0.3) is 0 Å². The molecular formula is C21H33N3O9. The summed E-state index contributed by atoms with van der Waals surface area (Å²) < 4.78 is 16.0. The number of ether oxygens (including phenoxy) is 3. The van der Waals surface area contributed by atoms with Crippen LogP contribution in [0.3, 0.4) is 0 Å². The first-order chi connectivity index (χ1) is 15.6. The highest BCUT2D eigenvalue weighted by Crippen LogP contribution is 2.08. The van der Waals surface area contributed by atoms with Gasteiger partial charge in [0, 0.05) is 19.6 Å². The Morgan fingerprint density at radius 3 is 1.06 bits per heavy atom. The molecular weight excluding hydrogens is 438 g/mol. The van der Waals surface area contributed by atoms with Crippen molar-refractivity contribution in [2.75, 3.05) is 59.5 Å². The van der Waals surface area contributed by atoms with Gasteiger partial charge >= 0.3 is 17.9 Å². The minimum absolute atomic E-state index is 0.112. The van der Waals surface area contributed by atoms with E-state index in [2.05, 4.69) is 14.7 Å². The van der Waals surface area contributed by atoms with E-state index in [9.17, 15) is 14.4 Å². The molecule has 0 aromatic carbocycles. The molecule has 0 aromatic heterocycles. The molecule has 3 N–H and O–H groups in total. The fourth-order valence-corrected chi connectivity index (χ4v) is 2.66. The van der Waals surface area contributed by atoms with Gasteiger partial charge in [-0.25, -0.2) is 14.4 Å². The van der Waals surface area contributed by atoms with Gasteiger partial charge in [-0.2, -0.15) is 0 Å². The second kappa shape index (κ2) is 14.9. The lowest BCUT2D eigenvalue weighted by Gasteiger charge is -2.42. The Labute approximate surface area is 192 Å². The third-order valence-corrected chi connectivity index (χ3v) is 4.57. The number of nitrogens with zero attached hydrogens (tertiary/aromatic N) is 3. The van der Waals surface area contributed by atoms with E-state index < -0.39 is 17.9 Å². The Morgan fingerprint density at radius 2 is 0.848 bits per heavy atom. The molecule has 0 atom stereocenters. The van der Waals surface area contributed by atoms with Crippen molar-refractivity contribution in [3.63, 3.8) is 0 Å². The summed E-state index contributed by atoms with van der Waals surface area (Å²) in [4.78, 5) is 38.8. The molecule has 0 saturated carbocycles. The van der Waals surface area contributed by atoms with E-state index in [0.29, 0.717) is 59.5 Å². The van der Waals surface area contributed by atoms with Gasteiger partial charge in [0.15, 0.2) is 0 Å². The number of hydrogen-bond acceptors (Lipinski definition) is 9. The van der Waals surface area contributed by atoms with Crippen LogP contribution in [-0.4, -0.2) is 107 Å². The van der Waals surface area contributed by atoms with Crippen LogP contribution in [0, 0.1) is 0 Å². The predicted octanol–water partition coefficient (Wildman–Crippen LogP) is 0.794. The van der Waals surface area contributed by atoms with Gasteiger partial charge in [-0.05, 0) is 20.8 Å². The van der Waals surface area contributed by atoms with Crippen LogP contribution in [0.5, 0.6) is 0 Å². The Hall–Kier alpha value is -3.09. The van der Waals surface area contributed by atoms with Crippen LogP contribution in [0.2, 0.25) is 0 Å². The predicted molar refractivity (Wildman–Crippen MR) is 117 cm³/mol. The molecule has 0 unspecified atom stereocenters. The van der Waals surface area contributed by atoms with Crippen molar-refractivity contribution in [3.8, 4) is 0 Å². The first kappa shape index (κ1) is 27.9. The number of carbonyl (C=O) groups is 3. The summed E-state index contributed by atoms with van der Waals surface area (Å²) in [6.07, 6.45) is 3.66. The van der Waals surface area contributed by atoms with Crippen LogP contribution in [-0.2, 0) is 28.6 Å². The highest BCUT2D eigenvalue weighted by atomic mass is 16.5. The molecule has 0 amide bonds. The lowest BCUT2D eigenvalue weighted by molar-refractivity contribution is -0.133. The second-order valence-corrected chi connectivity index (χ2v) is 7.54. The van der Waals surface area contributed by atoms with Gasteiger partial charge in [-0.1, -0.05) is 0 Å². The van der Waals surface area contributed by atoms with Crippen LogP contribution in [0.15, 0.2) is 35.5 Å². The Kier molecular flexibility index (Phi) is 12.6. The Morgan fingerprint density at radius 1 is 0.606 bits per heavy atom. The fourth-order valence-electron chi connectivity index (χ4n) is 2.66. The van der Waals surface area contributed by atoms with Crippen molar-refractivity contribution < 1.29 is 43.9 Å². The molecule has 0 bridgehead atoms. The maximum atomic E-state index is 10.8. The normalized spacial score (nSPS) is 17.0. The second-order valence-electron chi connectivity index (χ2n) is 7.54. The summed E-state index contributed by atoms with van der Waals surface area (Å²) in [5, 5.41) is 26.6. The van der Waals surface area contributed by atoms with E-state index in [4.69, 9.17) is 29.5 Å². The highest BCUT2D eigenvalue weighted by Gasteiger charge is 2.23. The molecule has 186 valence electrons. The standard InChI is InChI=1S/C21H33N3O9/c1-16(19(25)26)10-31-7-4-22-13-23(5-8-32-11-17(2)20(27)28)15-24(14-22)6-9-33-12-18(3)21(29)30/h10-12H,4-9,13-15H2,1-3H3,(H,25,26)(H,27,28)(H,29,30). The molecule has 33 heavy (non-hydrogen) atoms. The lowest BCUT2D eigenvalue weighted by Crippen LogP contribution is -2.56. The fraction of sp³-hybridized carbons (Fsp3) is 0.571. The number of carboxylic acids is 3.